The molecule has 1 fully saturated rings. The molecule has 2 aromatic carbocycles. The van der Waals surface area contributed by atoms with Gasteiger partial charge in [0.25, 0.3) is 5.91 Å². The lowest BCUT2D eigenvalue weighted by molar-refractivity contribution is -0.914. The smallest absolute Gasteiger partial charge is 0.282 e. The molecule has 1 atom stereocenters. The van der Waals surface area contributed by atoms with Gasteiger partial charge in [-0.15, -0.1) is 0 Å². The quantitative estimate of drug-likeness (QED) is 0.806. The third kappa shape index (κ3) is 4.63. The molecule has 3 rings (SSSR count). The minimum Gasteiger partial charge on any atom is -0.360 e. The Morgan fingerprint density at radius 1 is 1.08 bits per heavy atom. The Hall–Kier alpha value is -1.46. The van der Waals surface area contributed by atoms with Gasteiger partial charge in [-0.25, -0.2) is 0 Å². The van der Waals surface area contributed by atoms with Crippen LogP contribution < -0.4 is 15.1 Å². The second-order valence-corrected chi connectivity index (χ2v) is 7.74. The van der Waals surface area contributed by atoms with Gasteiger partial charge in [-0.3, -0.25) is 4.79 Å². The number of piperazine rings is 1. The SMILES string of the molecule is C[C@@H](C(=O)Nc1ccc(Cl)cc1Cl)[NH+]1CCN(c2cccc(Cl)c2)CC1. The monoisotopic (exact) mass is 412 g/mol. The molecule has 0 aliphatic carbocycles. The first kappa shape index (κ1) is 19.3. The first-order valence-electron chi connectivity index (χ1n) is 8.55. The van der Waals surface area contributed by atoms with Crippen molar-refractivity contribution in [2.75, 3.05) is 36.4 Å². The number of anilines is 2. The molecule has 0 aromatic heterocycles. The molecule has 0 bridgehead atoms. The van der Waals surface area contributed by atoms with Crippen LogP contribution in [0, 0.1) is 0 Å². The van der Waals surface area contributed by atoms with E-state index in [0.717, 1.165) is 36.9 Å². The van der Waals surface area contributed by atoms with E-state index >= 15 is 0 Å². The predicted octanol–water partition coefficient (Wildman–Crippen LogP) is 3.38. The van der Waals surface area contributed by atoms with Crippen LogP contribution in [0.4, 0.5) is 11.4 Å². The summed E-state index contributed by atoms with van der Waals surface area (Å²) >= 11 is 18.1. The Labute approximate surface area is 168 Å². The minimum atomic E-state index is -0.164. The summed E-state index contributed by atoms with van der Waals surface area (Å²) in [5.41, 5.74) is 1.71. The van der Waals surface area contributed by atoms with Gasteiger partial charge in [0.15, 0.2) is 6.04 Å². The molecular weight excluding hydrogens is 393 g/mol. The highest BCUT2D eigenvalue weighted by Crippen LogP contribution is 2.25. The Balaban J connectivity index is 1.57. The number of hydrogen-bond donors (Lipinski definition) is 2. The molecule has 1 heterocycles. The van der Waals surface area contributed by atoms with E-state index in [2.05, 4.69) is 16.3 Å². The molecule has 0 spiro atoms. The van der Waals surface area contributed by atoms with Crippen LogP contribution in [0.5, 0.6) is 0 Å². The molecule has 138 valence electrons. The van der Waals surface area contributed by atoms with E-state index in [0.29, 0.717) is 15.7 Å². The van der Waals surface area contributed by atoms with Crippen LogP contribution in [0.15, 0.2) is 42.5 Å². The fraction of sp³-hybridized carbons (Fsp3) is 0.316. The normalized spacial score (nSPS) is 16.4. The summed E-state index contributed by atoms with van der Waals surface area (Å²) in [5.74, 6) is -0.0413. The molecule has 2 aromatic rings. The van der Waals surface area contributed by atoms with Gasteiger partial charge in [0.2, 0.25) is 0 Å². The second-order valence-electron chi connectivity index (χ2n) is 6.46. The van der Waals surface area contributed by atoms with E-state index in [1.165, 1.54) is 4.90 Å². The number of hydrogen-bond acceptors (Lipinski definition) is 2. The van der Waals surface area contributed by atoms with E-state index in [1.807, 2.05) is 25.1 Å². The number of amides is 1. The summed E-state index contributed by atoms with van der Waals surface area (Å²) in [6.45, 7) is 5.48. The highest BCUT2D eigenvalue weighted by atomic mass is 35.5. The fourth-order valence-corrected chi connectivity index (χ4v) is 3.82. The molecule has 26 heavy (non-hydrogen) atoms. The molecule has 1 amide bonds. The van der Waals surface area contributed by atoms with Crippen LogP contribution in [0.1, 0.15) is 6.92 Å². The lowest BCUT2D eigenvalue weighted by Crippen LogP contribution is -3.19. The number of carbonyl (C=O) groups excluding carboxylic acids is 1. The van der Waals surface area contributed by atoms with E-state index in [4.69, 9.17) is 34.8 Å². The van der Waals surface area contributed by atoms with Crippen molar-refractivity contribution in [1.82, 2.24) is 0 Å². The maximum absolute atomic E-state index is 12.6. The van der Waals surface area contributed by atoms with Gasteiger partial charge in [0.1, 0.15) is 0 Å². The molecule has 7 heteroatoms. The molecule has 1 aliphatic rings. The van der Waals surface area contributed by atoms with Crippen molar-refractivity contribution in [2.45, 2.75) is 13.0 Å². The topological polar surface area (TPSA) is 36.8 Å². The summed E-state index contributed by atoms with van der Waals surface area (Å²) in [6.07, 6.45) is 0. The predicted molar refractivity (Wildman–Crippen MR) is 109 cm³/mol. The second kappa shape index (κ2) is 8.49. The minimum absolute atomic E-state index is 0.0413. The summed E-state index contributed by atoms with van der Waals surface area (Å²) in [6, 6.07) is 12.8. The molecule has 2 N–H and O–H groups in total. The highest BCUT2D eigenvalue weighted by molar-refractivity contribution is 6.36. The Bertz CT molecular complexity index is 791. The number of nitrogens with zero attached hydrogens (tertiary/aromatic N) is 1. The zero-order chi connectivity index (χ0) is 18.7. The Morgan fingerprint density at radius 3 is 2.42 bits per heavy atom. The molecule has 0 radical (unpaired) electrons. The molecule has 1 saturated heterocycles. The van der Waals surface area contributed by atoms with E-state index < -0.39 is 0 Å². The van der Waals surface area contributed by atoms with Gasteiger partial charge in [0.05, 0.1) is 36.9 Å². The van der Waals surface area contributed by atoms with E-state index in [1.54, 1.807) is 18.2 Å². The molecular formula is C19H21Cl3N3O+. The molecule has 0 saturated carbocycles. The number of quaternary nitrogens is 1. The van der Waals surface area contributed by atoms with Gasteiger partial charge >= 0.3 is 0 Å². The lowest BCUT2D eigenvalue weighted by atomic mass is 10.2. The van der Waals surface area contributed by atoms with Crippen molar-refractivity contribution in [1.29, 1.82) is 0 Å². The summed E-state index contributed by atoms with van der Waals surface area (Å²) in [7, 11) is 0. The van der Waals surface area contributed by atoms with Crippen molar-refractivity contribution >= 4 is 52.1 Å². The Morgan fingerprint density at radius 2 is 1.77 bits per heavy atom. The lowest BCUT2D eigenvalue weighted by Gasteiger charge is -2.36. The van der Waals surface area contributed by atoms with Crippen LogP contribution in [-0.4, -0.2) is 38.1 Å². The first-order chi connectivity index (χ1) is 12.4. The highest BCUT2D eigenvalue weighted by Gasteiger charge is 2.29. The first-order valence-corrected chi connectivity index (χ1v) is 9.68. The van der Waals surface area contributed by atoms with E-state index in [-0.39, 0.29) is 11.9 Å². The van der Waals surface area contributed by atoms with Gasteiger partial charge in [-0.05, 0) is 43.3 Å². The third-order valence-electron chi connectivity index (χ3n) is 4.77. The van der Waals surface area contributed by atoms with Crippen molar-refractivity contribution in [3.8, 4) is 0 Å². The number of nitrogens with one attached hydrogen (secondary N) is 2. The van der Waals surface area contributed by atoms with Gasteiger partial charge in [-0.1, -0.05) is 40.9 Å². The maximum atomic E-state index is 12.6. The average molecular weight is 414 g/mol. The number of benzene rings is 2. The zero-order valence-corrected chi connectivity index (χ0v) is 16.7. The van der Waals surface area contributed by atoms with Crippen molar-refractivity contribution < 1.29 is 9.69 Å². The van der Waals surface area contributed by atoms with Crippen molar-refractivity contribution in [3.63, 3.8) is 0 Å². The average Bonchev–Trinajstić information content (AvgIpc) is 2.63. The molecule has 1 aliphatic heterocycles. The van der Waals surface area contributed by atoms with Crippen molar-refractivity contribution in [3.05, 3.63) is 57.5 Å². The fourth-order valence-electron chi connectivity index (χ4n) is 3.18. The van der Waals surface area contributed by atoms with E-state index in [9.17, 15) is 4.79 Å². The van der Waals surface area contributed by atoms with Gasteiger partial charge in [-0.2, -0.15) is 0 Å². The number of rotatable bonds is 4. The Kier molecular flexibility index (Phi) is 6.30. The van der Waals surface area contributed by atoms with Gasteiger partial charge in [0, 0.05) is 15.7 Å². The van der Waals surface area contributed by atoms with Crippen LogP contribution in [0.3, 0.4) is 0 Å². The van der Waals surface area contributed by atoms with Crippen LogP contribution in [0.2, 0.25) is 15.1 Å². The number of halogens is 3. The van der Waals surface area contributed by atoms with Crippen LogP contribution in [-0.2, 0) is 4.79 Å². The molecule has 0 unspecified atom stereocenters. The van der Waals surface area contributed by atoms with Crippen LogP contribution >= 0.6 is 34.8 Å². The summed E-state index contributed by atoms with van der Waals surface area (Å²) in [5, 5.41) is 4.63. The largest absolute Gasteiger partial charge is 0.360 e. The summed E-state index contributed by atoms with van der Waals surface area (Å²) < 4.78 is 0. The molecule has 4 nitrogen and oxygen atoms in total. The third-order valence-corrected chi connectivity index (χ3v) is 5.56. The standard InChI is InChI=1S/C19H20Cl3N3O/c1-13(19(26)23-18-6-5-15(21)12-17(18)22)24-7-9-25(10-8-24)16-4-2-3-14(20)11-16/h2-6,11-13H,7-10H2,1H3,(H,23,26)/p+1/t13-/m0/s1. The maximum Gasteiger partial charge on any atom is 0.282 e. The van der Waals surface area contributed by atoms with Gasteiger partial charge < -0.3 is 15.1 Å². The van der Waals surface area contributed by atoms with Crippen molar-refractivity contribution in [2.24, 2.45) is 0 Å². The number of carbonyl (C=O) groups is 1. The summed E-state index contributed by atoms with van der Waals surface area (Å²) in [4.78, 5) is 16.1. The zero-order valence-electron chi connectivity index (χ0n) is 14.4. The van der Waals surface area contributed by atoms with Crippen LogP contribution in [0.25, 0.3) is 0 Å².